The third-order valence-electron chi connectivity index (χ3n) is 9.82. The summed E-state index contributed by atoms with van der Waals surface area (Å²) in [7, 11) is 0. The fourth-order valence-corrected chi connectivity index (χ4v) is 7.56. The number of para-hydroxylation sites is 2. The summed E-state index contributed by atoms with van der Waals surface area (Å²) in [5.41, 5.74) is 4.42. The van der Waals surface area contributed by atoms with Gasteiger partial charge in [-0.05, 0) is 62.4 Å². The Kier molecular flexibility index (Phi) is 7.03. The molecule has 8 rings (SSSR count). The van der Waals surface area contributed by atoms with E-state index in [1.54, 1.807) is 24.4 Å². The Bertz CT molecular complexity index is 1960. The minimum Gasteiger partial charge on any atom is -0.385 e. The molecule has 13 nitrogen and oxygen atoms in total. The molecule has 13 heteroatoms. The first kappa shape index (κ1) is 29.0. The van der Waals surface area contributed by atoms with Crippen LogP contribution in [0.3, 0.4) is 0 Å². The van der Waals surface area contributed by atoms with Gasteiger partial charge in [-0.1, -0.05) is 12.1 Å². The van der Waals surface area contributed by atoms with Crippen LogP contribution in [0.1, 0.15) is 71.7 Å². The molecule has 2 N–H and O–H groups in total. The molecule has 3 unspecified atom stereocenters. The fraction of sp³-hybridized carbons (Fsp3) is 0.353. The van der Waals surface area contributed by atoms with Crippen molar-refractivity contribution in [3.63, 3.8) is 0 Å². The number of hydrogen-bond donors (Lipinski definition) is 2. The molecule has 4 aliphatic heterocycles. The number of hydrogen-bond acceptors (Lipinski definition) is 9. The number of anilines is 1. The number of piperidine rings is 2. The lowest BCUT2D eigenvalue weighted by Gasteiger charge is -2.39. The number of fused-ring (bicyclic) bond motifs is 4. The van der Waals surface area contributed by atoms with Gasteiger partial charge in [0.1, 0.15) is 6.04 Å². The quantitative estimate of drug-likeness (QED) is 0.292. The van der Waals surface area contributed by atoms with Gasteiger partial charge in [0.15, 0.2) is 0 Å². The van der Waals surface area contributed by atoms with Gasteiger partial charge in [0.2, 0.25) is 17.7 Å². The highest BCUT2D eigenvalue weighted by Crippen LogP contribution is 2.41. The lowest BCUT2D eigenvalue weighted by atomic mass is 9.97. The van der Waals surface area contributed by atoms with E-state index in [0.29, 0.717) is 12.2 Å². The van der Waals surface area contributed by atoms with Crippen molar-refractivity contribution in [2.75, 3.05) is 11.9 Å². The van der Waals surface area contributed by atoms with Gasteiger partial charge in [-0.15, -0.1) is 0 Å². The zero-order valence-corrected chi connectivity index (χ0v) is 25.5. The number of carbonyl (C=O) groups is 5. The highest BCUT2D eigenvalue weighted by atomic mass is 16.2. The Morgan fingerprint density at radius 1 is 0.894 bits per heavy atom. The van der Waals surface area contributed by atoms with Crippen LogP contribution in [-0.2, 0) is 14.4 Å². The molecule has 3 atom stereocenters. The number of nitrogens with zero attached hydrogens (tertiary/aromatic N) is 6. The molecule has 2 bridgehead atoms. The number of rotatable bonds is 7. The van der Waals surface area contributed by atoms with Gasteiger partial charge in [-0.3, -0.25) is 43.9 Å². The van der Waals surface area contributed by atoms with Gasteiger partial charge in [0.05, 0.1) is 46.3 Å². The van der Waals surface area contributed by atoms with Crippen LogP contribution in [0.2, 0.25) is 0 Å². The summed E-state index contributed by atoms with van der Waals surface area (Å²) in [4.78, 5) is 75.7. The SMILES string of the molecule is O=C1CCC(N2C(=O)c3ccc(NCCC(=O)N4C5CCC4CC(n4cc(-c6cnc7ccccc7n6)cn4)C5)cc3C2=O)C(=O)N1. The number of carbonyl (C=O) groups excluding carboxylic acids is 5. The largest absolute Gasteiger partial charge is 0.385 e. The van der Waals surface area contributed by atoms with Crippen LogP contribution in [-0.4, -0.2) is 83.8 Å². The number of aromatic nitrogens is 4. The molecule has 3 saturated heterocycles. The van der Waals surface area contributed by atoms with E-state index in [-0.39, 0.29) is 54.4 Å². The Morgan fingerprint density at radius 3 is 2.45 bits per heavy atom. The topological polar surface area (TPSA) is 159 Å². The van der Waals surface area contributed by atoms with E-state index in [0.717, 1.165) is 52.9 Å². The average molecular weight is 633 g/mol. The maximum Gasteiger partial charge on any atom is 0.262 e. The van der Waals surface area contributed by atoms with Crippen molar-refractivity contribution < 1.29 is 24.0 Å². The maximum atomic E-state index is 13.4. The van der Waals surface area contributed by atoms with E-state index < -0.39 is 29.7 Å². The molecule has 47 heavy (non-hydrogen) atoms. The second kappa shape index (κ2) is 11.4. The molecule has 0 aliphatic carbocycles. The van der Waals surface area contributed by atoms with Gasteiger partial charge in [0, 0.05) is 48.9 Å². The van der Waals surface area contributed by atoms with Crippen LogP contribution in [0, 0.1) is 0 Å². The molecule has 2 aromatic heterocycles. The standard InChI is InChI=1S/C34H32N8O5/c43-30-10-9-29(32(45)39-30)42-33(46)24-8-5-20(13-25(24)34(42)47)35-12-11-31(44)41-21-6-7-22(41)15-23(14-21)40-18-19(16-37-40)28-17-36-26-3-1-2-4-27(26)38-28/h1-5,8,13,16-18,21-23,29,35H,6-7,9-12,14-15H2,(H,39,43,45). The monoisotopic (exact) mass is 632 g/mol. The molecule has 3 fully saturated rings. The van der Waals surface area contributed by atoms with Gasteiger partial charge in [-0.25, -0.2) is 4.98 Å². The number of nitrogens with one attached hydrogen (secondary N) is 2. The van der Waals surface area contributed by atoms with Gasteiger partial charge in [0.25, 0.3) is 11.8 Å². The fourth-order valence-electron chi connectivity index (χ4n) is 7.56. The predicted molar refractivity (Wildman–Crippen MR) is 169 cm³/mol. The van der Waals surface area contributed by atoms with E-state index in [1.807, 2.05) is 41.3 Å². The lowest BCUT2D eigenvalue weighted by molar-refractivity contribution is -0.137. The van der Waals surface area contributed by atoms with Crippen LogP contribution in [0.15, 0.2) is 61.1 Å². The second-order valence-corrected chi connectivity index (χ2v) is 12.6. The van der Waals surface area contributed by atoms with E-state index in [1.165, 1.54) is 0 Å². The van der Waals surface area contributed by atoms with Crippen LogP contribution >= 0.6 is 0 Å². The first-order chi connectivity index (χ1) is 22.8. The molecule has 5 amide bonds. The Hall–Kier alpha value is -5.46. The number of amides is 5. The van der Waals surface area contributed by atoms with Crippen molar-refractivity contribution in [1.29, 1.82) is 0 Å². The summed E-state index contributed by atoms with van der Waals surface area (Å²) in [6.45, 7) is 0.366. The molecule has 0 spiro atoms. The summed E-state index contributed by atoms with van der Waals surface area (Å²) in [5, 5.41) is 10.1. The number of imide groups is 2. The van der Waals surface area contributed by atoms with Crippen molar-refractivity contribution in [1.82, 2.24) is 34.9 Å². The van der Waals surface area contributed by atoms with Crippen LogP contribution in [0.4, 0.5) is 5.69 Å². The van der Waals surface area contributed by atoms with Crippen molar-refractivity contribution >= 4 is 46.3 Å². The zero-order valence-electron chi connectivity index (χ0n) is 25.5. The third kappa shape index (κ3) is 5.11. The van der Waals surface area contributed by atoms with Gasteiger partial charge < -0.3 is 10.2 Å². The molecule has 0 radical (unpaired) electrons. The Balaban J connectivity index is 0.876. The van der Waals surface area contributed by atoms with Crippen molar-refractivity contribution in [2.24, 2.45) is 0 Å². The normalized spacial score (nSPS) is 23.7. The first-order valence-electron chi connectivity index (χ1n) is 16.0. The summed E-state index contributed by atoms with van der Waals surface area (Å²) >= 11 is 0. The molecule has 238 valence electrons. The van der Waals surface area contributed by atoms with Gasteiger partial charge in [-0.2, -0.15) is 5.10 Å². The smallest absolute Gasteiger partial charge is 0.262 e. The molecule has 4 aliphatic rings. The predicted octanol–water partition coefficient (Wildman–Crippen LogP) is 3.09. The Morgan fingerprint density at radius 2 is 1.66 bits per heavy atom. The highest BCUT2D eigenvalue weighted by molar-refractivity contribution is 6.23. The Labute approximate surface area is 269 Å². The molecule has 2 aromatic carbocycles. The van der Waals surface area contributed by atoms with Crippen molar-refractivity contribution in [2.45, 2.75) is 69.1 Å². The van der Waals surface area contributed by atoms with Crippen LogP contribution in [0.25, 0.3) is 22.3 Å². The summed E-state index contributed by atoms with van der Waals surface area (Å²) in [6, 6.07) is 12.1. The highest BCUT2D eigenvalue weighted by Gasteiger charge is 2.45. The maximum absolute atomic E-state index is 13.4. The molecular weight excluding hydrogens is 600 g/mol. The van der Waals surface area contributed by atoms with Gasteiger partial charge >= 0.3 is 0 Å². The van der Waals surface area contributed by atoms with Crippen LogP contribution < -0.4 is 10.6 Å². The minimum absolute atomic E-state index is 0.0654. The zero-order chi connectivity index (χ0) is 32.2. The molecule has 6 heterocycles. The van der Waals surface area contributed by atoms with E-state index in [4.69, 9.17) is 4.98 Å². The first-order valence-corrected chi connectivity index (χ1v) is 16.0. The molecular formula is C34H32N8O5. The van der Waals surface area contributed by atoms with Crippen molar-refractivity contribution in [3.8, 4) is 11.3 Å². The molecule has 4 aromatic rings. The van der Waals surface area contributed by atoms with Crippen molar-refractivity contribution in [3.05, 3.63) is 72.2 Å². The second-order valence-electron chi connectivity index (χ2n) is 12.6. The summed E-state index contributed by atoms with van der Waals surface area (Å²) in [5.74, 6) is -2.08. The molecule has 0 saturated carbocycles. The minimum atomic E-state index is -1.01. The van der Waals surface area contributed by atoms with E-state index in [2.05, 4.69) is 25.6 Å². The lowest BCUT2D eigenvalue weighted by Crippen LogP contribution is -2.54. The van der Waals surface area contributed by atoms with E-state index >= 15 is 0 Å². The third-order valence-corrected chi connectivity index (χ3v) is 9.82. The number of benzene rings is 2. The van der Waals surface area contributed by atoms with Crippen LogP contribution in [0.5, 0.6) is 0 Å². The summed E-state index contributed by atoms with van der Waals surface area (Å²) in [6.07, 6.45) is 9.71. The average Bonchev–Trinajstić information content (AvgIpc) is 3.74. The summed E-state index contributed by atoms with van der Waals surface area (Å²) < 4.78 is 2.02. The van der Waals surface area contributed by atoms with E-state index in [9.17, 15) is 24.0 Å².